The van der Waals surface area contributed by atoms with Crippen molar-refractivity contribution >= 4 is 5.84 Å². The molecule has 104 valence electrons. The van der Waals surface area contributed by atoms with Gasteiger partial charge in [0.1, 0.15) is 23.2 Å². The third kappa shape index (κ3) is 2.64. The topological polar surface area (TPSA) is 59.1 Å². The van der Waals surface area contributed by atoms with Crippen molar-refractivity contribution in [3.8, 4) is 11.5 Å². The van der Waals surface area contributed by atoms with Gasteiger partial charge in [-0.1, -0.05) is 12.1 Å². The van der Waals surface area contributed by atoms with Crippen LogP contribution in [0.1, 0.15) is 22.3 Å². The van der Waals surface area contributed by atoms with Crippen molar-refractivity contribution in [2.24, 2.45) is 5.73 Å². The van der Waals surface area contributed by atoms with Crippen LogP contribution in [0.25, 0.3) is 0 Å². The Kier molecular flexibility index (Phi) is 3.74. The number of hydrogen-bond acceptors (Lipinski definition) is 2. The molecule has 0 amide bonds. The Morgan fingerprint density at radius 1 is 1.10 bits per heavy atom. The van der Waals surface area contributed by atoms with E-state index >= 15 is 0 Å². The van der Waals surface area contributed by atoms with Gasteiger partial charge in [0.2, 0.25) is 0 Å². The van der Waals surface area contributed by atoms with E-state index in [1.54, 1.807) is 0 Å². The third-order valence-corrected chi connectivity index (χ3v) is 3.32. The number of nitrogens with one attached hydrogen (secondary N) is 1. The van der Waals surface area contributed by atoms with Gasteiger partial charge in [-0.15, -0.1) is 0 Å². The zero-order valence-electron chi connectivity index (χ0n) is 11.8. The average Bonchev–Trinajstić information content (AvgIpc) is 2.40. The Labute approximate surface area is 117 Å². The molecule has 0 saturated heterocycles. The Bertz CT molecular complexity index is 680. The minimum atomic E-state index is -0.444. The van der Waals surface area contributed by atoms with Crippen LogP contribution < -0.4 is 10.5 Å². The summed E-state index contributed by atoms with van der Waals surface area (Å²) in [6.07, 6.45) is 0. The van der Waals surface area contributed by atoms with Crippen molar-refractivity contribution in [1.82, 2.24) is 0 Å². The fraction of sp³-hybridized carbons (Fsp3) is 0.188. The summed E-state index contributed by atoms with van der Waals surface area (Å²) in [7, 11) is 0. The fourth-order valence-corrected chi connectivity index (χ4v) is 1.99. The highest BCUT2D eigenvalue weighted by molar-refractivity contribution is 5.97. The van der Waals surface area contributed by atoms with Gasteiger partial charge in [-0.25, -0.2) is 4.39 Å². The molecule has 2 aromatic rings. The lowest BCUT2D eigenvalue weighted by Crippen LogP contribution is -2.13. The summed E-state index contributed by atoms with van der Waals surface area (Å²) in [6, 6.07) is 7.98. The Balaban J connectivity index is 2.51. The second kappa shape index (κ2) is 5.33. The van der Waals surface area contributed by atoms with Crippen LogP contribution >= 0.6 is 0 Å². The van der Waals surface area contributed by atoms with Gasteiger partial charge in [0.25, 0.3) is 0 Å². The average molecular weight is 272 g/mol. The molecular weight excluding hydrogens is 255 g/mol. The van der Waals surface area contributed by atoms with E-state index in [0.717, 1.165) is 22.4 Å². The molecule has 0 aromatic heterocycles. The van der Waals surface area contributed by atoms with Crippen molar-refractivity contribution < 1.29 is 9.13 Å². The van der Waals surface area contributed by atoms with Gasteiger partial charge in [-0.2, -0.15) is 0 Å². The molecule has 0 saturated carbocycles. The molecule has 0 unspecified atom stereocenters. The van der Waals surface area contributed by atoms with Crippen LogP contribution in [0.3, 0.4) is 0 Å². The van der Waals surface area contributed by atoms with Crippen LogP contribution in [0.5, 0.6) is 11.5 Å². The van der Waals surface area contributed by atoms with Crippen molar-refractivity contribution in [2.75, 3.05) is 0 Å². The molecule has 4 heteroatoms. The standard InChI is InChI=1S/C16H17FN2O/c1-9-4-5-10(2)15(11(9)3)20-14-7-6-12(17)8-13(14)16(18)19/h4-8H,1-3H3,(H3,18,19). The smallest absolute Gasteiger partial charge is 0.138 e. The van der Waals surface area contributed by atoms with Crippen LogP contribution in [-0.2, 0) is 0 Å². The molecule has 0 aliphatic rings. The third-order valence-electron chi connectivity index (χ3n) is 3.32. The lowest BCUT2D eigenvalue weighted by atomic mass is 10.1. The fourth-order valence-electron chi connectivity index (χ4n) is 1.99. The Hall–Kier alpha value is -2.36. The summed E-state index contributed by atoms with van der Waals surface area (Å²) in [5.41, 5.74) is 8.84. The lowest BCUT2D eigenvalue weighted by molar-refractivity contribution is 0.471. The number of aryl methyl sites for hydroxylation is 2. The molecule has 0 spiro atoms. The second-order valence-electron chi connectivity index (χ2n) is 4.81. The lowest BCUT2D eigenvalue weighted by Gasteiger charge is -2.15. The number of benzene rings is 2. The molecule has 20 heavy (non-hydrogen) atoms. The molecule has 0 heterocycles. The molecule has 0 radical (unpaired) electrons. The molecule has 3 N–H and O–H groups in total. The van der Waals surface area contributed by atoms with Crippen molar-refractivity contribution in [2.45, 2.75) is 20.8 Å². The van der Waals surface area contributed by atoms with Gasteiger partial charge in [0, 0.05) is 0 Å². The SMILES string of the molecule is Cc1ccc(C)c(Oc2ccc(F)cc2C(=N)N)c1C. The monoisotopic (exact) mass is 272 g/mol. The maximum Gasteiger partial charge on any atom is 0.138 e. The molecule has 0 bridgehead atoms. The highest BCUT2D eigenvalue weighted by Gasteiger charge is 2.13. The first kappa shape index (κ1) is 14.1. The molecule has 2 rings (SSSR count). The van der Waals surface area contributed by atoms with E-state index in [4.69, 9.17) is 15.9 Å². The van der Waals surface area contributed by atoms with E-state index in [1.165, 1.54) is 18.2 Å². The molecule has 0 fully saturated rings. The molecule has 0 aliphatic heterocycles. The van der Waals surface area contributed by atoms with Crippen LogP contribution in [-0.4, -0.2) is 5.84 Å². The summed E-state index contributed by atoms with van der Waals surface area (Å²) in [5.74, 6) is 0.442. The van der Waals surface area contributed by atoms with E-state index in [1.807, 2.05) is 32.9 Å². The first-order chi connectivity index (χ1) is 9.40. The molecule has 3 nitrogen and oxygen atoms in total. The summed E-state index contributed by atoms with van der Waals surface area (Å²) in [6.45, 7) is 5.91. The van der Waals surface area contributed by atoms with Gasteiger partial charge in [0.15, 0.2) is 0 Å². The van der Waals surface area contributed by atoms with E-state index < -0.39 is 5.82 Å². The number of nitrogens with two attached hydrogens (primary N) is 1. The predicted octanol–water partition coefficient (Wildman–Crippen LogP) is 3.83. The first-order valence-corrected chi connectivity index (χ1v) is 6.28. The Morgan fingerprint density at radius 3 is 2.40 bits per heavy atom. The predicted molar refractivity (Wildman–Crippen MR) is 78.1 cm³/mol. The number of amidine groups is 1. The van der Waals surface area contributed by atoms with E-state index in [-0.39, 0.29) is 11.4 Å². The van der Waals surface area contributed by atoms with E-state index in [0.29, 0.717) is 5.75 Å². The zero-order chi connectivity index (χ0) is 14.9. The van der Waals surface area contributed by atoms with Crippen molar-refractivity contribution in [3.63, 3.8) is 0 Å². The number of halogens is 1. The minimum Gasteiger partial charge on any atom is -0.456 e. The van der Waals surface area contributed by atoms with Crippen LogP contribution in [0.15, 0.2) is 30.3 Å². The normalized spacial score (nSPS) is 10.4. The van der Waals surface area contributed by atoms with Crippen LogP contribution in [0.2, 0.25) is 0 Å². The van der Waals surface area contributed by atoms with Gasteiger partial charge in [-0.05, 0) is 55.7 Å². The maximum atomic E-state index is 13.3. The Morgan fingerprint density at radius 2 is 1.75 bits per heavy atom. The second-order valence-corrected chi connectivity index (χ2v) is 4.81. The molecule has 0 aliphatic carbocycles. The maximum absolute atomic E-state index is 13.3. The highest BCUT2D eigenvalue weighted by Crippen LogP contribution is 2.32. The number of hydrogen-bond donors (Lipinski definition) is 2. The zero-order valence-corrected chi connectivity index (χ0v) is 11.8. The van der Waals surface area contributed by atoms with Gasteiger partial charge in [0.05, 0.1) is 5.56 Å². The largest absolute Gasteiger partial charge is 0.456 e. The van der Waals surface area contributed by atoms with Gasteiger partial charge in [-0.3, -0.25) is 5.41 Å². The summed E-state index contributed by atoms with van der Waals surface area (Å²) >= 11 is 0. The summed E-state index contributed by atoms with van der Waals surface area (Å²) < 4.78 is 19.1. The minimum absolute atomic E-state index is 0.220. The van der Waals surface area contributed by atoms with Crippen LogP contribution in [0, 0.1) is 32.0 Å². The van der Waals surface area contributed by atoms with Crippen LogP contribution in [0.4, 0.5) is 4.39 Å². The summed E-state index contributed by atoms with van der Waals surface area (Å²) in [5, 5.41) is 7.52. The number of nitrogen functional groups attached to an aromatic ring is 1. The quantitative estimate of drug-likeness (QED) is 0.659. The van der Waals surface area contributed by atoms with Crippen molar-refractivity contribution in [3.05, 3.63) is 58.4 Å². The molecule has 0 atom stereocenters. The first-order valence-electron chi connectivity index (χ1n) is 6.28. The van der Waals surface area contributed by atoms with E-state index in [2.05, 4.69) is 0 Å². The van der Waals surface area contributed by atoms with Gasteiger partial charge < -0.3 is 10.5 Å². The number of ether oxygens (including phenoxy) is 1. The summed E-state index contributed by atoms with van der Waals surface area (Å²) in [4.78, 5) is 0. The molecular formula is C16H17FN2O. The van der Waals surface area contributed by atoms with E-state index in [9.17, 15) is 4.39 Å². The number of rotatable bonds is 3. The molecule has 2 aromatic carbocycles. The van der Waals surface area contributed by atoms with Gasteiger partial charge >= 0.3 is 0 Å². The van der Waals surface area contributed by atoms with Crippen molar-refractivity contribution in [1.29, 1.82) is 5.41 Å². The highest BCUT2D eigenvalue weighted by atomic mass is 19.1.